The van der Waals surface area contributed by atoms with Crippen molar-refractivity contribution in [3.05, 3.63) is 58.0 Å². The minimum absolute atomic E-state index is 0.0562. The first kappa shape index (κ1) is 28.2. The summed E-state index contributed by atoms with van der Waals surface area (Å²) in [6, 6.07) is 0.0949. The third kappa shape index (κ3) is 5.13. The first-order chi connectivity index (χ1) is 18.2. The Morgan fingerprint density at radius 2 is 1.79 bits per heavy atom. The van der Waals surface area contributed by atoms with Crippen LogP contribution in [0.25, 0.3) is 16.9 Å². The van der Waals surface area contributed by atoms with Crippen LogP contribution in [-0.2, 0) is 0 Å². The number of pyridine rings is 3. The van der Waals surface area contributed by atoms with Gasteiger partial charge in [-0.05, 0) is 18.6 Å². The lowest BCUT2D eigenvalue weighted by Gasteiger charge is -2.28. The summed E-state index contributed by atoms with van der Waals surface area (Å²) >= 11 is 0. The number of alkyl halides is 5. The molecule has 0 aliphatic carbocycles. The molecule has 9 nitrogen and oxygen atoms in total. The van der Waals surface area contributed by atoms with Crippen LogP contribution >= 0.6 is 0 Å². The highest BCUT2D eigenvalue weighted by molar-refractivity contribution is 5.97. The number of hydrogen-bond donors (Lipinski definition) is 3. The zero-order valence-electron chi connectivity index (χ0n) is 19.9. The Bertz CT molecular complexity index is 1470. The number of anilines is 1. The molecule has 0 saturated carbocycles. The number of β-amino-alcohol motifs (C(OH)–C–C–N with tert-alkyl or cyclic N) is 2. The summed E-state index contributed by atoms with van der Waals surface area (Å²) < 4.78 is 95.6. The molecule has 3 atom stereocenters. The van der Waals surface area contributed by atoms with Gasteiger partial charge < -0.3 is 20.4 Å². The van der Waals surface area contributed by atoms with E-state index in [1.165, 1.54) is 16.3 Å². The van der Waals surface area contributed by atoms with Crippen LogP contribution in [0.1, 0.15) is 23.7 Å². The van der Waals surface area contributed by atoms with Crippen molar-refractivity contribution in [2.75, 3.05) is 18.0 Å². The average Bonchev–Trinajstić information content (AvgIpc) is 3.20. The standard InChI is InChI=1S/C23H20F7N5O4/c1-2-16(22(26,27)23(28,29)30)32-21(39)12-7-35(20-13(25)5-10(24)6-31-20)19-11(18(12)38)3-4-17(33-19)34-8-14(36)15(37)9-34/h3-7,14-16,36-37H,2,8-9H2,1H3,(H,32,39)/t14-,15-,16?/m1/s1. The summed E-state index contributed by atoms with van der Waals surface area (Å²) in [5, 5.41) is 20.8. The van der Waals surface area contributed by atoms with E-state index in [1.54, 1.807) is 0 Å². The van der Waals surface area contributed by atoms with Gasteiger partial charge in [-0.25, -0.2) is 18.7 Å². The largest absolute Gasteiger partial charge is 0.455 e. The molecule has 4 rings (SSSR count). The molecule has 3 aromatic rings. The summed E-state index contributed by atoms with van der Waals surface area (Å²) in [6.45, 7) is 0.859. The molecule has 39 heavy (non-hydrogen) atoms. The van der Waals surface area contributed by atoms with Crippen molar-refractivity contribution in [1.82, 2.24) is 19.9 Å². The van der Waals surface area contributed by atoms with E-state index in [0.717, 1.165) is 17.6 Å². The zero-order valence-corrected chi connectivity index (χ0v) is 19.9. The van der Waals surface area contributed by atoms with E-state index in [4.69, 9.17) is 0 Å². The van der Waals surface area contributed by atoms with E-state index in [-0.39, 0.29) is 29.9 Å². The second kappa shape index (κ2) is 10.1. The van der Waals surface area contributed by atoms with Gasteiger partial charge in [0, 0.05) is 25.4 Å². The Morgan fingerprint density at radius 1 is 1.15 bits per heavy atom. The van der Waals surface area contributed by atoms with Gasteiger partial charge in [-0.15, -0.1) is 0 Å². The first-order valence-electron chi connectivity index (χ1n) is 11.4. The SMILES string of the molecule is CCC(NC(=O)c1cn(-c2ncc(F)cc2F)c2nc(N3C[C@@H](O)[C@H](O)C3)ccc2c1=O)C(F)(F)C(F)(F)F. The second-order valence-electron chi connectivity index (χ2n) is 8.84. The maximum atomic E-state index is 14.7. The molecule has 1 amide bonds. The van der Waals surface area contributed by atoms with E-state index in [0.29, 0.717) is 18.5 Å². The topological polar surface area (TPSA) is 121 Å². The van der Waals surface area contributed by atoms with E-state index in [9.17, 15) is 50.5 Å². The van der Waals surface area contributed by atoms with Crippen molar-refractivity contribution in [2.45, 2.75) is 43.7 Å². The Morgan fingerprint density at radius 3 is 2.36 bits per heavy atom. The average molecular weight is 563 g/mol. The van der Waals surface area contributed by atoms with Crippen LogP contribution in [0.2, 0.25) is 0 Å². The lowest BCUT2D eigenvalue weighted by molar-refractivity contribution is -0.292. The smallest absolute Gasteiger partial charge is 0.389 e. The molecule has 1 unspecified atom stereocenters. The highest BCUT2D eigenvalue weighted by Gasteiger charge is 2.62. The molecule has 210 valence electrons. The van der Waals surface area contributed by atoms with Crippen molar-refractivity contribution in [3.8, 4) is 5.82 Å². The molecule has 4 heterocycles. The van der Waals surface area contributed by atoms with E-state index < -0.39 is 71.1 Å². The number of nitrogens with one attached hydrogen (secondary N) is 1. The van der Waals surface area contributed by atoms with Gasteiger partial charge in [0.2, 0.25) is 5.43 Å². The van der Waals surface area contributed by atoms with Crippen molar-refractivity contribution >= 4 is 22.8 Å². The van der Waals surface area contributed by atoms with Crippen LogP contribution in [0.3, 0.4) is 0 Å². The molecule has 0 aromatic carbocycles. The minimum Gasteiger partial charge on any atom is -0.389 e. The Kier molecular flexibility index (Phi) is 7.29. The third-order valence-corrected chi connectivity index (χ3v) is 6.21. The summed E-state index contributed by atoms with van der Waals surface area (Å²) in [5.74, 6) is -9.87. The van der Waals surface area contributed by atoms with Gasteiger partial charge in [-0.1, -0.05) is 6.92 Å². The molecule has 0 bridgehead atoms. The lowest BCUT2D eigenvalue weighted by Crippen LogP contribution is -2.55. The molecule has 1 aliphatic rings. The van der Waals surface area contributed by atoms with Crippen LogP contribution in [0.5, 0.6) is 0 Å². The summed E-state index contributed by atoms with van der Waals surface area (Å²) in [4.78, 5) is 35.3. The number of aliphatic hydroxyl groups excluding tert-OH is 2. The van der Waals surface area contributed by atoms with Crippen molar-refractivity contribution in [1.29, 1.82) is 0 Å². The fourth-order valence-electron chi connectivity index (χ4n) is 4.12. The minimum atomic E-state index is -6.00. The van der Waals surface area contributed by atoms with Crippen LogP contribution in [0.4, 0.5) is 36.6 Å². The molecule has 1 fully saturated rings. The van der Waals surface area contributed by atoms with Gasteiger partial charge >= 0.3 is 12.1 Å². The molecule has 16 heteroatoms. The van der Waals surface area contributed by atoms with Gasteiger partial charge in [0.1, 0.15) is 23.2 Å². The zero-order chi connectivity index (χ0) is 28.9. The maximum Gasteiger partial charge on any atom is 0.455 e. The fraction of sp³-hybridized carbons (Fsp3) is 0.391. The number of hydrogen-bond acceptors (Lipinski definition) is 7. The molecule has 3 N–H and O–H groups in total. The molecule has 3 aromatic heterocycles. The molecular formula is C23H20F7N5O4. The summed E-state index contributed by atoms with van der Waals surface area (Å²) in [7, 11) is 0. The lowest BCUT2D eigenvalue weighted by atomic mass is 10.1. The van der Waals surface area contributed by atoms with Crippen molar-refractivity contribution in [2.24, 2.45) is 0 Å². The Labute approximate surface area is 214 Å². The van der Waals surface area contributed by atoms with Crippen molar-refractivity contribution in [3.63, 3.8) is 0 Å². The van der Waals surface area contributed by atoms with Crippen LogP contribution in [0.15, 0.2) is 35.4 Å². The fourth-order valence-corrected chi connectivity index (χ4v) is 4.12. The van der Waals surface area contributed by atoms with Gasteiger partial charge in [-0.3, -0.25) is 14.2 Å². The number of nitrogens with zero attached hydrogens (tertiary/aromatic N) is 4. The number of fused-ring (bicyclic) bond motifs is 1. The van der Waals surface area contributed by atoms with Crippen LogP contribution in [-0.4, -0.2) is 74.1 Å². The third-order valence-electron chi connectivity index (χ3n) is 6.21. The van der Waals surface area contributed by atoms with Gasteiger partial charge in [0.05, 0.1) is 23.8 Å². The second-order valence-corrected chi connectivity index (χ2v) is 8.84. The molecule has 0 radical (unpaired) electrons. The summed E-state index contributed by atoms with van der Waals surface area (Å²) in [6.07, 6.45) is -7.83. The predicted octanol–water partition coefficient (Wildman–Crippen LogP) is 2.31. The number of amides is 1. The van der Waals surface area contributed by atoms with Crippen LogP contribution in [0, 0.1) is 11.6 Å². The van der Waals surface area contributed by atoms with E-state index in [1.807, 2.05) is 0 Å². The molecular weight excluding hydrogens is 543 g/mol. The molecule has 0 spiro atoms. The number of aromatic nitrogens is 3. The number of halogens is 7. The summed E-state index contributed by atoms with van der Waals surface area (Å²) in [5.41, 5.74) is -2.41. The number of rotatable bonds is 6. The monoisotopic (exact) mass is 563 g/mol. The maximum absolute atomic E-state index is 14.7. The normalized spacial score (nSPS) is 19.0. The van der Waals surface area contributed by atoms with Gasteiger partial charge in [0.15, 0.2) is 17.3 Å². The highest BCUT2D eigenvalue weighted by atomic mass is 19.4. The van der Waals surface area contributed by atoms with Gasteiger partial charge in [0.25, 0.3) is 5.91 Å². The molecule has 1 aliphatic heterocycles. The predicted molar refractivity (Wildman–Crippen MR) is 122 cm³/mol. The highest BCUT2D eigenvalue weighted by Crippen LogP contribution is 2.39. The van der Waals surface area contributed by atoms with Gasteiger partial charge in [-0.2, -0.15) is 22.0 Å². The number of aliphatic hydroxyl groups is 2. The first-order valence-corrected chi connectivity index (χ1v) is 11.4. The van der Waals surface area contributed by atoms with E-state index >= 15 is 0 Å². The number of carbonyl (C=O) groups excluding carboxylic acids is 1. The Hall–Kier alpha value is -3.79. The number of carbonyl (C=O) groups is 1. The van der Waals surface area contributed by atoms with Crippen LogP contribution < -0.4 is 15.6 Å². The Balaban J connectivity index is 1.88. The quantitative estimate of drug-likeness (QED) is 0.394. The van der Waals surface area contributed by atoms with Crippen molar-refractivity contribution < 1.29 is 45.7 Å². The van der Waals surface area contributed by atoms with E-state index in [2.05, 4.69) is 9.97 Å². The molecule has 1 saturated heterocycles.